The summed E-state index contributed by atoms with van der Waals surface area (Å²) in [6.07, 6.45) is 3.15. The molecular formula is C18H20ClN3O2. The highest BCUT2D eigenvalue weighted by Gasteiger charge is 2.13. The highest BCUT2D eigenvalue weighted by molar-refractivity contribution is 6.30. The molecule has 2 heterocycles. The van der Waals surface area contributed by atoms with Gasteiger partial charge in [-0.05, 0) is 37.1 Å². The number of oxazole rings is 1. The molecule has 0 amide bonds. The molecule has 0 saturated carbocycles. The number of hydrogen-bond donors (Lipinski definition) is 0. The van der Waals surface area contributed by atoms with Crippen LogP contribution in [0.3, 0.4) is 0 Å². The maximum atomic E-state index is 6.16. The summed E-state index contributed by atoms with van der Waals surface area (Å²) in [5.41, 5.74) is 2.72. The standard InChI is InChI=1S/C18H20ClN3O2/c1-12(2)11-24-17-5-4-15(19)9-14(17)10-22-13(3)8-16(21-22)18-20-6-7-23-18/h4-9,12H,10-11H2,1-3H3. The third-order valence-electron chi connectivity index (χ3n) is 3.55. The van der Waals surface area contributed by atoms with Crippen LogP contribution in [-0.2, 0) is 6.54 Å². The number of hydrogen-bond acceptors (Lipinski definition) is 4. The molecule has 5 nitrogen and oxygen atoms in total. The smallest absolute Gasteiger partial charge is 0.246 e. The highest BCUT2D eigenvalue weighted by Crippen LogP contribution is 2.25. The molecule has 0 spiro atoms. The Morgan fingerprint density at radius 2 is 2.12 bits per heavy atom. The molecule has 0 aliphatic carbocycles. The number of rotatable bonds is 6. The van der Waals surface area contributed by atoms with Crippen molar-refractivity contribution in [3.63, 3.8) is 0 Å². The van der Waals surface area contributed by atoms with Gasteiger partial charge in [-0.15, -0.1) is 0 Å². The van der Waals surface area contributed by atoms with Crippen molar-refractivity contribution in [1.82, 2.24) is 14.8 Å². The van der Waals surface area contributed by atoms with Crippen molar-refractivity contribution >= 4 is 11.6 Å². The van der Waals surface area contributed by atoms with Gasteiger partial charge in [-0.2, -0.15) is 5.10 Å². The van der Waals surface area contributed by atoms with E-state index in [-0.39, 0.29) is 0 Å². The number of aromatic nitrogens is 3. The van der Waals surface area contributed by atoms with Gasteiger partial charge in [0.25, 0.3) is 0 Å². The first-order chi connectivity index (χ1) is 11.5. The summed E-state index contributed by atoms with van der Waals surface area (Å²) in [6, 6.07) is 7.62. The molecule has 1 aromatic carbocycles. The zero-order valence-corrected chi connectivity index (χ0v) is 14.7. The van der Waals surface area contributed by atoms with Crippen LogP contribution < -0.4 is 4.74 Å². The SMILES string of the molecule is Cc1cc(-c2ncco2)nn1Cc1cc(Cl)ccc1OCC(C)C. The first-order valence-electron chi connectivity index (χ1n) is 7.88. The van der Waals surface area contributed by atoms with Crippen molar-refractivity contribution < 1.29 is 9.15 Å². The molecule has 3 aromatic rings. The van der Waals surface area contributed by atoms with Gasteiger partial charge in [-0.25, -0.2) is 4.98 Å². The minimum atomic E-state index is 0.455. The molecule has 0 N–H and O–H groups in total. The number of ether oxygens (including phenoxy) is 1. The van der Waals surface area contributed by atoms with Crippen molar-refractivity contribution in [3.8, 4) is 17.3 Å². The van der Waals surface area contributed by atoms with Crippen LogP contribution >= 0.6 is 11.6 Å². The topological polar surface area (TPSA) is 53.1 Å². The lowest BCUT2D eigenvalue weighted by Gasteiger charge is -2.14. The fourth-order valence-electron chi connectivity index (χ4n) is 2.35. The molecule has 0 fully saturated rings. The van der Waals surface area contributed by atoms with E-state index in [0.717, 1.165) is 17.0 Å². The highest BCUT2D eigenvalue weighted by atomic mass is 35.5. The van der Waals surface area contributed by atoms with Gasteiger partial charge in [0.15, 0.2) is 0 Å². The Morgan fingerprint density at radius 3 is 2.83 bits per heavy atom. The van der Waals surface area contributed by atoms with Crippen molar-refractivity contribution in [2.75, 3.05) is 6.61 Å². The van der Waals surface area contributed by atoms with E-state index in [1.54, 1.807) is 12.5 Å². The molecule has 0 unspecified atom stereocenters. The second kappa shape index (κ2) is 7.09. The zero-order chi connectivity index (χ0) is 17.1. The van der Waals surface area contributed by atoms with Crippen LogP contribution in [0.1, 0.15) is 25.1 Å². The molecule has 3 rings (SSSR count). The number of benzene rings is 1. The Labute approximate surface area is 146 Å². The van der Waals surface area contributed by atoms with E-state index in [1.807, 2.05) is 35.9 Å². The molecule has 24 heavy (non-hydrogen) atoms. The fourth-order valence-corrected chi connectivity index (χ4v) is 2.55. The summed E-state index contributed by atoms with van der Waals surface area (Å²) in [7, 11) is 0. The molecular weight excluding hydrogens is 326 g/mol. The summed E-state index contributed by atoms with van der Waals surface area (Å²) in [5.74, 6) is 1.80. The summed E-state index contributed by atoms with van der Waals surface area (Å²) >= 11 is 6.16. The van der Waals surface area contributed by atoms with Crippen LogP contribution in [0.2, 0.25) is 5.02 Å². The summed E-state index contributed by atoms with van der Waals surface area (Å²) in [6.45, 7) is 7.47. The predicted molar refractivity (Wildman–Crippen MR) is 93.3 cm³/mol. The monoisotopic (exact) mass is 345 g/mol. The first kappa shape index (κ1) is 16.6. The average molecular weight is 346 g/mol. The van der Waals surface area contributed by atoms with Gasteiger partial charge in [-0.1, -0.05) is 25.4 Å². The lowest BCUT2D eigenvalue weighted by atomic mass is 10.2. The van der Waals surface area contributed by atoms with E-state index >= 15 is 0 Å². The van der Waals surface area contributed by atoms with Crippen LogP contribution in [0.5, 0.6) is 5.75 Å². The van der Waals surface area contributed by atoms with Gasteiger partial charge in [0, 0.05) is 16.3 Å². The molecule has 0 bridgehead atoms. The quantitative estimate of drug-likeness (QED) is 0.656. The van der Waals surface area contributed by atoms with E-state index in [9.17, 15) is 0 Å². The molecule has 6 heteroatoms. The summed E-state index contributed by atoms with van der Waals surface area (Å²) < 4.78 is 13.1. The number of halogens is 1. The second-order valence-electron chi connectivity index (χ2n) is 6.12. The number of aryl methyl sites for hydroxylation is 1. The van der Waals surface area contributed by atoms with Gasteiger partial charge in [0.05, 0.1) is 19.3 Å². The van der Waals surface area contributed by atoms with E-state index in [1.165, 1.54) is 0 Å². The molecule has 0 aliphatic heterocycles. The van der Waals surface area contributed by atoms with Crippen LogP contribution in [0.15, 0.2) is 41.1 Å². The van der Waals surface area contributed by atoms with Gasteiger partial charge in [0.2, 0.25) is 5.89 Å². The van der Waals surface area contributed by atoms with Crippen molar-refractivity contribution in [2.24, 2.45) is 5.92 Å². The third-order valence-corrected chi connectivity index (χ3v) is 3.78. The molecule has 0 radical (unpaired) electrons. The molecule has 0 atom stereocenters. The van der Waals surface area contributed by atoms with Gasteiger partial charge < -0.3 is 9.15 Å². The number of nitrogens with zero attached hydrogens (tertiary/aromatic N) is 3. The Kier molecular flexibility index (Phi) is 4.90. The molecule has 126 valence electrons. The van der Waals surface area contributed by atoms with Crippen LogP contribution in [0, 0.1) is 12.8 Å². The molecule has 0 aliphatic rings. The minimum absolute atomic E-state index is 0.455. The normalized spacial score (nSPS) is 11.2. The molecule has 0 saturated heterocycles. The average Bonchev–Trinajstić information content (AvgIpc) is 3.17. The van der Waals surface area contributed by atoms with Gasteiger partial charge in [-0.3, -0.25) is 4.68 Å². The van der Waals surface area contributed by atoms with Crippen molar-refractivity contribution in [2.45, 2.75) is 27.3 Å². The van der Waals surface area contributed by atoms with Crippen molar-refractivity contribution in [3.05, 3.63) is 53.0 Å². The van der Waals surface area contributed by atoms with Gasteiger partial charge >= 0.3 is 0 Å². The van der Waals surface area contributed by atoms with Crippen molar-refractivity contribution in [1.29, 1.82) is 0 Å². The third kappa shape index (κ3) is 3.79. The van der Waals surface area contributed by atoms with Crippen LogP contribution in [0.4, 0.5) is 0 Å². The van der Waals surface area contributed by atoms with E-state index in [4.69, 9.17) is 20.8 Å². The zero-order valence-electron chi connectivity index (χ0n) is 14.0. The Bertz CT molecular complexity index is 810. The lowest BCUT2D eigenvalue weighted by molar-refractivity contribution is 0.268. The summed E-state index contributed by atoms with van der Waals surface area (Å²) in [5, 5.41) is 5.26. The largest absolute Gasteiger partial charge is 0.493 e. The minimum Gasteiger partial charge on any atom is -0.493 e. The maximum absolute atomic E-state index is 6.16. The first-order valence-corrected chi connectivity index (χ1v) is 8.26. The maximum Gasteiger partial charge on any atom is 0.246 e. The van der Waals surface area contributed by atoms with Crippen LogP contribution in [-0.4, -0.2) is 21.4 Å². The lowest BCUT2D eigenvalue weighted by Crippen LogP contribution is -2.09. The fraction of sp³-hybridized carbons (Fsp3) is 0.333. The summed E-state index contributed by atoms with van der Waals surface area (Å²) in [4.78, 5) is 4.14. The Balaban J connectivity index is 1.86. The van der Waals surface area contributed by atoms with E-state index in [2.05, 4.69) is 23.9 Å². The predicted octanol–water partition coefficient (Wildman–Crippen LogP) is 4.58. The van der Waals surface area contributed by atoms with E-state index < -0.39 is 0 Å². The van der Waals surface area contributed by atoms with Crippen LogP contribution in [0.25, 0.3) is 11.6 Å². The van der Waals surface area contributed by atoms with Gasteiger partial charge in [0.1, 0.15) is 17.7 Å². The Hall–Kier alpha value is -2.27. The van der Waals surface area contributed by atoms with E-state index in [0.29, 0.717) is 35.7 Å². The Morgan fingerprint density at radius 1 is 1.29 bits per heavy atom. The molecule has 2 aromatic heterocycles. The second-order valence-corrected chi connectivity index (χ2v) is 6.56.